The van der Waals surface area contributed by atoms with E-state index in [0.717, 1.165) is 47.8 Å². The molecule has 2 N–H and O–H groups in total. The number of hydrogen-bond donors (Lipinski definition) is 2. The Morgan fingerprint density at radius 1 is 0.850 bits per heavy atom. The molecule has 4 aromatic rings. The number of methoxy groups -OCH3 is 1. The molecule has 3 atom stereocenters. The molecular formula is C32H38N6O2. The van der Waals surface area contributed by atoms with E-state index >= 15 is 0 Å². The van der Waals surface area contributed by atoms with Gasteiger partial charge in [-0.2, -0.15) is 0 Å². The molecule has 1 saturated heterocycles. The van der Waals surface area contributed by atoms with Crippen LogP contribution in [0.25, 0.3) is 22.6 Å². The average molecular weight is 539 g/mol. The number of hydrogen-bond acceptors (Lipinski definition) is 8. The van der Waals surface area contributed by atoms with Crippen LogP contribution in [0.2, 0.25) is 0 Å². The van der Waals surface area contributed by atoms with Crippen molar-refractivity contribution in [3.8, 4) is 28.3 Å². The molecule has 1 aliphatic carbocycles. The van der Waals surface area contributed by atoms with E-state index in [4.69, 9.17) is 9.15 Å². The summed E-state index contributed by atoms with van der Waals surface area (Å²) in [4.78, 5) is 7.16. The zero-order valence-electron chi connectivity index (χ0n) is 23.3. The van der Waals surface area contributed by atoms with Crippen LogP contribution < -0.4 is 20.3 Å². The van der Waals surface area contributed by atoms with Crippen LogP contribution in [0.5, 0.6) is 5.75 Å². The van der Waals surface area contributed by atoms with Gasteiger partial charge in [0.2, 0.25) is 11.8 Å². The van der Waals surface area contributed by atoms with Crippen LogP contribution in [0.3, 0.4) is 0 Å². The van der Waals surface area contributed by atoms with Gasteiger partial charge in [0.25, 0.3) is 0 Å². The van der Waals surface area contributed by atoms with E-state index in [1.165, 1.54) is 37.8 Å². The van der Waals surface area contributed by atoms with Crippen LogP contribution in [0, 0.1) is 6.92 Å². The zero-order chi connectivity index (χ0) is 27.3. The molecule has 2 aromatic heterocycles. The minimum atomic E-state index is 0.361. The molecule has 1 unspecified atom stereocenters. The summed E-state index contributed by atoms with van der Waals surface area (Å²) in [6, 6.07) is 22.2. The first-order chi connectivity index (χ1) is 19.6. The number of pyridine rings is 1. The van der Waals surface area contributed by atoms with Gasteiger partial charge in [0.1, 0.15) is 11.6 Å². The maximum atomic E-state index is 5.59. The van der Waals surface area contributed by atoms with Crippen molar-refractivity contribution in [2.24, 2.45) is 0 Å². The van der Waals surface area contributed by atoms with Gasteiger partial charge < -0.3 is 24.7 Å². The van der Waals surface area contributed by atoms with E-state index in [1.807, 2.05) is 25.3 Å². The molecule has 1 saturated carbocycles. The lowest BCUT2D eigenvalue weighted by Gasteiger charge is -2.40. The van der Waals surface area contributed by atoms with Gasteiger partial charge in [0.15, 0.2) is 0 Å². The third-order valence-electron chi connectivity index (χ3n) is 8.16. The summed E-state index contributed by atoms with van der Waals surface area (Å²) < 4.78 is 10.9. The summed E-state index contributed by atoms with van der Waals surface area (Å²) in [6.07, 6.45) is 9.13. The maximum Gasteiger partial charge on any atom is 0.247 e. The quantitative estimate of drug-likeness (QED) is 0.278. The Morgan fingerprint density at radius 2 is 1.62 bits per heavy atom. The van der Waals surface area contributed by atoms with Gasteiger partial charge in [-0.25, -0.2) is 4.98 Å². The molecule has 2 fully saturated rings. The Kier molecular flexibility index (Phi) is 7.95. The highest BCUT2D eigenvalue weighted by molar-refractivity contribution is 5.67. The lowest BCUT2D eigenvalue weighted by atomic mass is 9.89. The van der Waals surface area contributed by atoms with Crippen molar-refractivity contribution in [1.82, 2.24) is 20.5 Å². The summed E-state index contributed by atoms with van der Waals surface area (Å²) >= 11 is 0. The second kappa shape index (κ2) is 12.1. The maximum absolute atomic E-state index is 5.59. The molecule has 0 spiro atoms. The molecule has 8 nitrogen and oxygen atoms in total. The molecule has 0 bridgehead atoms. The standard InChI is InChI=1S/C32H38N6O2/c1-22-36-37-32(40-22)24-9-13-27(14-10-24)38-19-5-6-26(21-38)34-29-7-3-4-8-30(29)35-31-20-25(17-18-33-31)23-11-15-28(39-2)16-12-23/h9-18,20,26,29-30,34H,3-8,19,21H2,1-2H3,(H,33,35)/t26?,29-,30-/m1/s1. The lowest BCUT2D eigenvalue weighted by molar-refractivity contribution is 0.293. The molecule has 0 amide bonds. The number of benzene rings is 2. The number of nitrogens with one attached hydrogen (secondary N) is 2. The van der Waals surface area contributed by atoms with Crippen molar-refractivity contribution in [2.75, 3.05) is 30.4 Å². The number of nitrogens with zero attached hydrogens (tertiary/aromatic N) is 4. The van der Waals surface area contributed by atoms with Gasteiger partial charge in [-0.15, -0.1) is 10.2 Å². The van der Waals surface area contributed by atoms with Crippen molar-refractivity contribution in [1.29, 1.82) is 0 Å². The predicted molar refractivity (Wildman–Crippen MR) is 159 cm³/mol. The van der Waals surface area contributed by atoms with Crippen molar-refractivity contribution in [2.45, 2.75) is 63.6 Å². The summed E-state index contributed by atoms with van der Waals surface area (Å²) in [5.74, 6) is 2.96. The Balaban J connectivity index is 1.09. The SMILES string of the molecule is COc1ccc(-c2ccnc(N[C@@H]3CCCC[C@H]3NC3CCCN(c4ccc(-c5nnc(C)o5)cc4)C3)c2)cc1. The highest BCUT2D eigenvalue weighted by Gasteiger charge is 2.29. The number of piperidine rings is 1. The van der Waals surface area contributed by atoms with Crippen LogP contribution in [-0.4, -0.2) is 53.5 Å². The number of aryl methyl sites for hydroxylation is 1. The van der Waals surface area contributed by atoms with Crippen molar-refractivity contribution < 1.29 is 9.15 Å². The Bertz CT molecular complexity index is 1390. The monoisotopic (exact) mass is 538 g/mol. The predicted octanol–water partition coefficient (Wildman–Crippen LogP) is 6.10. The Morgan fingerprint density at radius 3 is 2.38 bits per heavy atom. The summed E-state index contributed by atoms with van der Waals surface area (Å²) in [7, 11) is 1.69. The van der Waals surface area contributed by atoms with Gasteiger partial charge in [0, 0.05) is 55.6 Å². The molecule has 208 valence electrons. The van der Waals surface area contributed by atoms with Crippen molar-refractivity contribution in [3.05, 3.63) is 72.8 Å². The van der Waals surface area contributed by atoms with E-state index in [9.17, 15) is 0 Å². The highest BCUT2D eigenvalue weighted by atomic mass is 16.5. The molecule has 3 heterocycles. The number of rotatable bonds is 8. The van der Waals surface area contributed by atoms with Gasteiger partial charge in [-0.3, -0.25) is 0 Å². The summed E-state index contributed by atoms with van der Waals surface area (Å²) in [5.41, 5.74) is 4.51. The molecule has 2 aromatic carbocycles. The number of ether oxygens (including phenoxy) is 1. The fraction of sp³-hybridized carbons (Fsp3) is 0.406. The van der Waals surface area contributed by atoms with E-state index < -0.39 is 0 Å². The lowest BCUT2D eigenvalue weighted by Crippen LogP contribution is -2.54. The number of aromatic nitrogens is 3. The normalized spacial score (nSPS) is 21.2. The largest absolute Gasteiger partial charge is 0.497 e. The van der Waals surface area contributed by atoms with Gasteiger partial charge in [0.05, 0.1) is 7.11 Å². The van der Waals surface area contributed by atoms with Gasteiger partial charge >= 0.3 is 0 Å². The van der Waals surface area contributed by atoms with E-state index in [0.29, 0.717) is 29.9 Å². The summed E-state index contributed by atoms with van der Waals surface area (Å²) in [5, 5.41) is 15.9. The molecular weight excluding hydrogens is 500 g/mol. The van der Waals surface area contributed by atoms with Crippen LogP contribution in [0.15, 0.2) is 71.3 Å². The van der Waals surface area contributed by atoms with E-state index in [1.54, 1.807) is 7.11 Å². The zero-order valence-corrected chi connectivity index (χ0v) is 23.3. The molecule has 8 heteroatoms. The number of anilines is 2. The van der Waals surface area contributed by atoms with Crippen LogP contribution >= 0.6 is 0 Å². The third-order valence-corrected chi connectivity index (χ3v) is 8.16. The highest BCUT2D eigenvalue weighted by Crippen LogP contribution is 2.28. The van der Waals surface area contributed by atoms with E-state index in [-0.39, 0.29) is 0 Å². The third kappa shape index (κ3) is 6.12. The molecule has 40 heavy (non-hydrogen) atoms. The molecule has 0 radical (unpaired) electrons. The fourth-order valence-electron chi connectivity index (χ4n) is 6.04. The summed E-state index contributed by atoms with van der Waals surface area (Å²) in [6.45, 7) is 3.90. The van der Waals surface area contributed by atoms with Crippen LogP contribution in [0.4, 0.5) is 11.5 Å². The molecule has 2 aliphatic rings. The van der Waals surface area contributed by atoms with Crippen LogP contribution in [-0.2, 0) is 0 Å². The minimum Gasteiger partial charge on any atom is -0.497 e. The first-order valence-electron chi connectivity index (χ1n) is 14.4. The fourth-order valence-corrected chi connectivity index (χ4v) is 6.04. The van der Waals surface area contributed by atoms with Crippen molar-refractivity contribution in [3.63, 3.8) is 0 Å². The minimum absolute atomic E-state index is 0.361. The first-order valence-corrected chi connectivity index (χ1v) is 14.4. The van der Waals surface area contributed by atoms with E-state index in [2.05, 4.69) is 79.2 Å². The van der Waals surface area contributed by atoms with Gasteiger partial charge in [-0.05, 0) is 85.3 Å². The Labute approximate surface area is 236 Å². The second-order valence-corrected chi connectivity index (χ2v) is 10.9. The smallest absolute Gasteiger partial charge is 0.247 e. The van der Waals surface area contributed by atoms with Crippen molar-refractivity contribution >= 4 is 11.5 Å². The first kappa shape index (κ1) is 26.3. The second-order valence-electron chi connectivity index (χ2n) is 10.9. The average Bonchev–Trinajstić information content (AvgIpc) is 3.45. The molecule has 1 aliphatic heterocycles. The Hall–Kier alpha value is -3.91. The van der Waals surface area contributed by atoms with Crippen LogP contribution in [0.1, 0.15) is 44.4 Å². The topological polar surface area (TPSA) is 88.3 Å². The molecule has 6 rings (SSSR count). The van der Waals surface area contributed by atoms with Gasteiger partial charge in [-0.1, -0.05) is 25.0 Å².